The van der Waals surface area contributed by atoms with Crippen LogP contribution in [0.25, 0.3) is 32.9 Å². The number of rotatable bonds is 21. The number of nitrogens with zero attached hydrogens (tertiary/aromatic N) is 2. The van der Waals surface area contributed by atoms with Gasteiger partial charge >= 0.3 is 11.3 Å². The van der Waals surface area contributed by atoms with E-state index >= 15 is 0 Å². The topological polar surface area (TPSA) is 86.2 Å². The number of hydrogen-bond acceptors (Lipinski definition) is 6. The Morgan fingerprint density at radius 2 is 0.818 bits per heavy atom. The first-order chi connectivity index (χ1) is 21.6. The van der Waals surface area contributed by atoms with Crippen molar-refractivity contribution in [3.8, 4) is 11.1 Å². The number of fused-ring (bicyclic) bond motifs is 2. The zero-order chi connectivity index (χ0) is 31.0. The second kappa shape index (κ2) is 18.5. The molecule has 0 fully saturated rings. The maximum atomic E-state index is 13.3. The maximum Gasteiger partial charge on any atom is 0.347 e. The van der Waals surface area contributed by atoms with Gasteiger partial charge in [0, 0.05) is 12.8 Å². The zero-order valence-corrected chi connectivity index (χ0v) is 27.1. The van der Waals surface area contributed by atoms with E-state index in [0.717, 1.165) is 25.7 Å². The first-order valence-electron chi connectivity index (χ1n) is 17.5. The Kier molecular flexibility index (Phi) is 14.1. The summed E-state index contributed by atoms with van der Waals surface area (Å²) in [6.45, 7) is 4.49. The average molecular weight is 601 g/mol. The van der Waals surface area contributed by atoms with Crippen molar-refractivity contribution in [3.05, 3.63) is 69.0 Å². The fourth-order valence-corrected chi connectivity index (χ4v) is 6.16. The summed E-state index contributed by atoms with van der Waals surface area (Å²) in [6.07, 6.45) is 23.5. The number of unbranched alkanes of at least 4 members (excludes halogenated alkanes) is 16. The Balaban J connectivity index is 1.40. The van der Waals surface area contributed by atoms with Gasteiger partial charge in [-0.2, -0.15) is 0 Å². The van der Waals surface area contributed by atoms with E-state index in [4.69, 9.17) is 18.8 Å². The molecule has 0 spiro atoms. The lowest BCUT2D eigenvalue weighted by Crippen LogP contribution is -2.09. The number of aryl methyl sites for hydroxylation is 2. The third kappa shape index (κ3) is 9.87. The van der Waals surface area contributed by atoms with Gasteiger partial charge in [-0.25, -0.2) is 19.6 Å². The van der Waals surface area contributed by atoms with Crippen LogP contribution < -0.4 is 11.3 Å². The number of hydrogen-bond donors (Lipinski definition) is 0. The molecule has 0 aliphatic carbocycles. The van der Waals surface area contributed by atoms with Crippen LogP contribution in [0.3, 0.4) is 0 Å². The second-order valence-electron chi connectivity index (χ2n) is 12.3. The van der Waals surface area contributed by atoms with Gasteiger partial charge in [-0.1, -0.05) is 141 Å². The minimum absolute atomic E-state index is 0.383. The minimum Gasteiger partial charge on any atom is -0.408 e. The van der Waals surface area contributed by atoms with Gasteiger partial charge in [0.1, 0.15) is 0 Å². The van der Waals surface area contributed by atoms with E-state index in [9.17, 15) is 9.59 Å². The van der Waals surface area contributed by atoms with Gasteiger partial charge in [-0.3, -0.25) is 0 Å². The standard InChI is InChI=1S/C38H52N2O4/c1-3-5-7-9-11-13-15-17-19-27-33-39-31-25-21-23-29(35(31)37(41)43-33)30-24-22-26-32-36(30)38(42)44-34(40-32)28-20-18-16-14-12-10-8-6-4-2/h21-26H,3-20,27-28H2,1-2H3. The molecule has 6 nitrogen and oxygen atoms in total. The molecule has 0 saturated heterocycles. The molecular formula is C38H52N2O4. The van der Waals surface area contributed by atoms with Crippen molar-refractivity contribution in [1.29, 1.82) is 0 Å². The average Bonchev–Trinajstić information content (AvgIpc) is 3.02. The van der Waals surface area contributed by atoms with Crippen LogP contribution in [-0.4, -0.2) is 9.97 Å². The monoisotopic (exact) mass is 600 g/mol. The molecular weight excluding hydrogens is 548 g/mol. The maximum absolute atomic E-state index is 13.3. The molecule has 4 aromatic rings. The Morgan fingerprint density at radius 1 is 0.477 bits per heavy atom. The van der Waals surface area contributed by atoms with E-state index < -0.39 is 11.3 Å². The van der Waals surface area contributed by atoms with Gasteiger partial charge in [0.2, 0.25) is 0 Å². The Hall–Kier alpha value is -3.28. The SMILES string of the molecule is CCCCCCCCCCCc1nc2cccc(-c3cccc4nc(CCCCCCCCCCC)oc(=O)c34)c2c(=O)o1. The molecule has 6 heteroatoms. The highest BCUT2D eigenvalue weighted by molar-refractivity contribution is 6.02. The van der Waals surface area contributed by atoms with Crippen molar-refractivity contribution in [2.75, 3.05) is 0 Å². The molecule has 0 atom stereocenters. The van der Waals surface area contributed by atoms with Crippen molar-refractivity contribution >= 4 is 21.8 Å². The van der Waals surface area contributed by atoms with Crippen LogP contribution in [0.4, 0.5) is 0 Å². The van der Waals surface area contributed by atoms with Gasteiger partial charge in [0.05, 0.1) is 21.8 Å². The molecule has 0 saturated carbocycles. The van der Waals surface area contributed by atoms with Crippen LogP contribution in [0, 0.1) is 0 Å². The molecule has 0 amide bonds. The van der Waals surface area contributed by atoms with Crippen molar-refractivity contribution in [3.63, 3.8) is 0 Å². The van der Waals surface area contributed by atoms with Crippen LogP contribution in [0.5, 0.6) is 0 Å². The lowest BCUT2D eigenvalue weighted by molar-refractivity contribution is 0.432. The van der Waals surface area contributed by atoms with Crippen molar-refractivity contribution in [2.24, 2.45) is 0 Å². The summed E-state index contributed by atoms with van der Waals surface area (Å²) in [5.41, 5.74) is 1.55. The quantitative estimate of drug-likeness (QED) is 0.0884. The molecule has 2 aromatic carbocycles. The smallest absolute Gasteiger partial charge is 0.347 e. The van der Waals surface area contributed by atoms with E-state index in [1.807, 2.05) is 36.4 Å². The molecule has 238 valence electrons. The highest BCUT2D eigenvalue weighted by Gasteiger charge is 2.17. The molecule has 0 bridgehead atoms. The summed E-state index contributed by atoms with van der Waals surface area (Å²) in [4.78, 5) is 35.9. The fraction of sp³-hybridized carbons (Fsp3) is 0.579. The predicted octanol–water partition coefficient (Wildman–Crippen LogP) is 10.5. The van der Waals surface area contributed by atoms with Crippen LogP contribution in [0.2, 0.25) is 0 Å². The first-order valence-corrected chi connectivity index (χ1v) is 17.5. The third-order valence-corrected chi connectivity index (χ3v) is 8.68. The molecule has 0 aliphatic heterocycles. The third-order valence-electron chi connectivity index (χ3n) is 8.68. The second-order valence-corrected chi connectivity index (χ2v) is 12.3. The lowest BCUT2D eigenvalue weighted by Gasteiger charge is -2.09. The van der Waals surface area contributed by atoms with E-state index in [-0.39, 0.29) is 0 Å². The van der Waals surface area contributed by atoms with E-state index in [2.05, 4.69) is 13.8 Å². The Morgan fingerprint density at radius 3 is 1.18 bits per heavy atom. The molecule has 0 unspecified atom stereocenters. The molecule has 2 heterocycles. The highest BCUT2D eigenvalue weighted by Crippen LogP contribution is 2.30. The van der Waals surface area contributed by atoms with Crippen LogP contribution in [-0.2, 0) is 12.8 Å². The summed E-state index contributed by atoms with van der Waals surface area (Å²) < 4.78 is 11.4. The summed E-state index contributed by atoms with van der Waals surface area (Å²) in [6, 6.07) is 11.1. The van der Waals surface area contributed by atoms with Gasteiger partial charge < -0.3 is 8.83 Å². The van der Waals surface area contributed by atoms with Crippen molar-refractivity contribution < 1.29 is 8.83 Å². The largest absolute Gasteiger partial charge is 0.408 e. The first kappa shape index (κ1) is 33.6. The predicted molar refractivity (Wildman–Crippen MR) is 181 cm³/mol. The van der Waals surface area contributed by atoms with Crippen molar-refractivity contribution in [1.82, 2.24) is 9.97 Å². The highest BCUT2D eigenvalue weighted by atomic mass is 16.4. The molecule has 0 N–H and O–H groups in total. The molecule has 44 heavy (non-hydrogen) atoms. The number of benzene rings is 2. The van der Waals surface area contributed by atoms with E-state index in [0.29, 0.717) is 57.6 Å². The fourth-order valence-electron chi connectivity index (χ4n) is 6.16. The summed E-state index contributed by atoms with van der Waals surface area (Å²) in [5, 5.41) is 0.767. The van der Waals surface area contributed by atoms with Gasteiger partial charge in [-0.05, 0) is 36.1 Å². The van der Waals surface area contributed by atoms with Crippen LogP contribution >= 0.6 is 0 Å². The van der Waals surface area contributed by atoms with E-state index in [1.165, 1.54) is 89.9 Å². The van der Waals surface area contributed by atoms with Gasteiger partial charge in [0.15, 0.2) is 11.8 Å². The lowest BCUT2D eigenvalue weighted by atomic mass is 9.98. The molecule has 2 aromatic heterocycles. The Bertz CT molecular complexity index is 1440. The summed E-state index contributed by atoms with van der Waals surface area (Å²) in [5.74, 6) is 0.950. The number of aromatic nitrogens is 2. The summed E-state index contributed by atoms with van der Waals surface area (Å²) >= 11 is 0. The van der Waals surface area contributed by atoms with Gasteiger partial charge in [0.25, 0.3) is 0 Å². The van der Waals surface area contributed by atoms with Crippen molar-refractivity contribution in [2.45, 2.75) is 142 Å². The van der Waals surface area contributed by atoms with Crippen LogP contribution in [0.15, 0.2) is 54.8 Å². The minimum atomic E-state index is -0.423. The molecule has 0 aliphatic rings. The van der Waals surface area contributed by atoms with Crippen LogP contribution in [0.1, 0.15) is 141 Å². The van der Waals surface area contributed by atoms with Gasteiger partial charge in [-0.15, -0.1) is 0 Å². The Labute approximate surface area is 262 Å². The summed E-state index contributed by atoms with van der Waals surface area (Å²) in [7, 11) is 0. The molecule has 0 radical (unpaired) electrons. The van der Waals surface area contributed by atoms with E-state index in [1.54, 1.807) is 0 Å². The zero-order valence-electron chi connectivity index (χ0n) is 27.1. The normalized spacial score (nSPS) is 11.6. The molecule has 4 rings (SSSR count).